The number of hydrogen-bond acceptors (Lipinski definition) is 4. The minimum absolute atomic E-state index is 0.673. The number of nitrogens with zero attached hydrogens (tertiary/aromatic N) is 1. The van der Waals surface area contributed by atoms with Crippen LogP contribution in [0.5, 0.6) is 11.5 Å². The number of ether oxygens (including phenoxy) is 2. The van der Waals surface area contributed by atoms with Crippen LogP contribution in [0.3, 0.4) is 0 Å². The van der Waals surface area contributed by atoms with Gasteiger partial charge in [-0.15, -0.1) is 0 Å². The van der Waals surface area contributed by atoms with Crippen molar-refractivity contribution in [1.29, 1.82) is 0 Å². The van der Waals surface area contributed by atoms with Crippen molar-refractivity contribution in [2.75, 3.05) is 13.7 Å². The molecule has 1 heterocycles. The second kappa shape index (κ2) is 8.76. The Kier molecular flexibility index (Phi) is 6.68. The number of aromatic nitrogens is 1. The van der Waals surface area contributed by atoms with Crippen molar-refractivity contribution in [2.24, 2.45) is 0 Å². The third-order valence-electron chi connectivity index (χ3n) is 3.10. The standard InChI is InChI=1S/C17H21BrN2O2/c1-3-8-22-17-15(18)9-13(10-16(17)21-2)11-19-12-14-6-4-5-7-20-14/h4-7,9-10,19H,3,8,11-12H2,1-2H3. The normalized spacial score (nSPS) is 10.5. The SMILES string of the molecule is CCCOc1c(Br)cc(CNCc2ccccn2)cc1OC. The molecule has 0 aliphatic heterocycles. The molecular weight excluding hydrogens is 344 g/mol. The van der Waals surface area contributed by atoms with Gasteiger partial charge < -0.3 is 14.8 Å². The van der Waals surface area contributed by atoms with E-state index in [4.69, 9.17) is 9.47 Å². The third-order valence-corrected chi connectivity index (χ3v) is 3.69. The molecule has 0 unspecified atom stereocenters. The molecule has 0 bridgehead atoms. The van der Waals surface area contributed by atoms with Crippen molar-refractivity contribution >= 4 is 15.9 Å². The summed E-state index contributed by atoms with van der Waals surface area (Å²) in [5, 5.41) is 3.38. The summed E-state index contributed by atoms with van der Waals surface area (Å²) in [4.78, 5) is 4.29. The Labute approximate surface area is 140 Å². The van der Waals surface area contributed by atoms with Crippen molar-refractivity contribution in [3.05, 3.63) is 52.3 Å². The van der Waals surface area contributed by atoms with Crippen molar-refractivity contribution < 1.29 is 9.47 Å². The van der Waals surface area contributed by atoms with Gasteiger partial charge in [0.05, 0.1) is 23.9 Å². The van der Waals surface area contributed by atoms with Gasteiger partial charge in [-0.05, 0) is 52.2 Å². The molecule has 22 heavy (non-hydrogen) atoms. The van der Waals surface area contributed by atoms with E-state index >= 15 is 0 Å². The van der Waals surface area contributed by atoms with Crippen LogP contribution in [-0.4, -0.2) is 18.7 Å². The van der Waals surface area contributed by atoms with Gasteiger partial charge in [-0.25, -0.2) is 0 Å². The molecule has 0 saturated heterocycles. The van der Waals surface area contributed by atoms with Crippen LogP contribution in [-0.2, 0) is 13.1 Å². The topological polar surface area (TPSA) is 43.4 Å². The van der Waals surface area contributed by atoms with E-state index in [1.165, 1.54) is 0 Å². The third kappa shape index (κ3) is 4.71. The van der Waals surface area contributed by atoms with Gasteiger partial charge in [-0.2, -0.15) is 0 Å². The maximum absolute atomic E-state index is 5.73. The highest BCUT2D eigenvalue weighted by Gasteiger charge is 2.11. The van der Waals surface area contributed by atoms with E-state index < -0.39 is 0 Å². The lowest BCUT2D eigenvalue weighted by Crippen LogP contribution is -2.13. The van der Waals surface area contributed by atoms with Crippen LogP contribution in [0.25, 0.3) is 0 Å². The van der Waals surface area contributed by atoms with Crippen LogP contribution in [0.2, 0.25) is 0 Å². The molecule has 4 nitrogen and oxygen atoms in total. The van der Waals surface area contributed by atoms with Crippen molar-refractivity contribution in [3.8, 4) is 11.5 Å². The summed E-state index contributed by atoms with van der Waals surface area (Å²) < 4.78 is 12.1. The Morgan fingerprint density at radius 2 is 2.09 bits per heavy atom. The summed E-state index contributed by atoms with van der Waals surface area (Å²) in [6.45, 7) is 4.22. The zero-order valence-corrected chi connectivity index (χ0v) is 14.5. The number of rotatable bonds is 8. The van der Waals surface area contributed by atoms with Gasteiger partial charge in [0.1, 0.15) is 0 Å². The molecule has 0 spiro atoms. The number of halogens is 1. The van der Waals surface area contributed by atoms with E-state index in [2.05, 4.69) is 39.2 Å². The first-order chi connectivity index (χ1) is 10.7. The predicted octanol–water partition coefficient (Wildman–Crippen LogP) is 3.93. The molecule has 0 aliphatic carbocycles. The minimum Gasteiger partial charge on any atom is -0.493 e. The number of hydrogen-bond donors (Lipinski definition) is 1. The van der Waals surface area contributed by atoms with Crippen LogP contribution >= 0.6 is 15.9 Å². The quantitative estimate of drug-likeness (QED) is 0.770. The minimum atomic E-state index is 0.673. The van der Waals surface area contributed by atoms with Crippen LogP contribution < -0.4 is 14.8 Å². The molecular formula is C17H21BrN2O2. The van der Waals surface area contributed by atoms with Crippen molar-refractivity contribution in [3.63, 3.8) is 0 Å². The van der Waals surface area contributed by atoms with Crippen LogP contribution in [0, 0.1) is 0 Å². The summed E-state index contributed by atoms with van der Waals surface area (Å²) in [6.07, 6.45) is 2.76. The van der Waals surface area contributed by atoms with Gasteiger partial charge in [-0.3, -0.25) is 4.98 Å². The largest absolute Gasteiger partial charge is 0.493 e. The fourth-order valence-electron chi connectivity index (χ4n) is 2.06. The lowest BCUT2D eigenvalue weighted by Gasteiger charge is -2.14. The number of pyridine rings is 1. The Morgan fingerprint density at radius 1 is 1.23 bits per heavy atom. The average molecular weight is 365 g/mol. The first kappa shape index (κ1) is 16.8. The molecule has 0 aliphatic rings. The molecule has 2 rings (SSSR count). The van der Waals surface area contributed by atoms with Gasteiger partial charge in [0.2, 0.25) is 0 Å². The monoisotopic (exact) mass is 364 g/mol. The van der Waals surface area contributed by atoms with E-state index in [0.717, 1.165) is 46.7 Å². The molecule has 0 radical (unpaired) electrons. The second-order valence-corrected chi connectivity index (χ2v) is 5.74. The average Bonchev–Trinajstić information content (AvgIpc) is 2.54. The summed E-state index contributed by atoms with van der Waals surface area (Å²) >= 11 is 3.56. The molecule has 0 fully saturated rings. The van der Waals surface area contributed by atoms with Gasteiger partial charge >= 0.3 is 0 Å². The summed E-state index contributed by atoms with van der Waals surface area (Å²) in [5.74, 6) is 1.51. The zero-order valence-electron chi connectivity index (χ0n) is 12.9. The van der Waals surface area contributed by atoms with Crippen LogP contribution in [0.1, 0.15) is 24.6 Å². The summed E-state index contributed by atoms with van der Waals surface area (Å²) in [6, 6.07) is 9.97. The number of benzene rings is 1. The van der Waals surface area contributed by atoms with E-state index in [9.17, 15) is 0 Å². The lowest BCUT2D eigenvalue weighted by molar-refractivity contribution is 0.292. The number of methoxy groups -OCH3 is 1. The Hall–Kier alpha value is -1.59. The molecule has 1 aromatic heterocycles. The van der Waals surface area contributed by atoms with E-state index in [0.29, 0.717) is 6.61 Å². The molecule has 0 amide bonds. The predicted molar refractivity (Wildman–Crippen MR) is 91.3 cm³/mol. The van der Waals surface area contributed by atoms with Crippen LogP contribution in [0.4, 0.5) is 0 Å². The molecule has 2 aromatic rings. The Bertz CT molecular complexity index is 591. The number of nitrogens with one attached hydrogen (secondary N) is 1. The molecule has 5 heteroatoms. The molecule has 0 atom stereocenters. The highest BCUT2D eigenvalue weighted by atomic mass is 79.9. The molecule has 1 aromatic carbocycles. The van der Waals surface area contributed by atoms with Crippen LogP contribution in [0.15, 0.2) is 41.0 Å². The first-order valence-electron chi connectivity index (χ1n) is 7.34. The van der Waals surface area contributed by atoms with E-state index in [1.54, 1.807) is 13.3 Å². The highest BCUT2D eigenvalue weighted by molar-refractivity contribution is 9.10. The smallest absolute Gasteiger partial charge is 0.175 e. The maximum Gasteiger partial charge on any atom is 0.175 e. The Morgan fingerprint density at radius 3 is 2.77 bits per heavy atom. The maximum atomic E-state index is 5.73. The zero-order chi connectivity index (χ0) is 15.8. The van der Waals surface area contributed by atoms with Crippen molar-refractivity contribution in [2.45, 2.75) is 26.4 Å². The van der Waals surface area contributed by atoms with Crippen molar-refractivity contribution in [1.82, 2.24) is 10.3 Å². The van der Waals surface area contributed by atoms with E-state index in [1.807, 2.05) is 24.3 Å². The van der Waals surface area contributed by atoms with Gasteiger partial charge in [-0.1, -0.05) is 13.0 Å². The first-order valence-corrected chi connectivity index (χ1v) is 8.13. The van der Waals surface area contributed by atoms with E-state index in [-0.39, 0.29) is 0 Å². The molecule has 0 saturated carbocycles. The molecule has 118 valence electrons. The van der Waals surface area contributed by atoms with Gasteiger partial charge in [0, 0.05) is 19.3 Å². The Balaban J connectivity index is 2.00. The summed E-state index contributed by atoms with van der Waals surface area (Å²) in [5.41, 5.74) is 2.15. The van der Waals surface area contributed by atoms with Gasteiger partial charge in [0.25, 0.3) is 0 Å². The van der Waals surface area contributed by atoms with Gasteiger partial charge in [0.15, 0.2) is 11.5 Å². The fraction of sp³-hybridized carbons (Fsp3) is 0.353. The molecule has 1 N–H and O–H groups in total. The summed E-state index contributed by atoms with van der Waals surface area (Å²) in [7, 11) is 1.66. The highest BCUT2D eigenvalue weighted by Crippen LogP contribution is 2.36. The second-order valence-electron chi connectivity index (χ2n) is 4.88. The lowest BCUT2D eigenvalue weighted by atomic mass is 10.2. The fourth-order valence-corrected chi connectivity index (χ4v) is 2.66.